The lowest BCUT2D eigenvalue weighted by molar-refractivity contribution is -0.141. The molecule has 5 aliphatic rings. The zero-order valence-electron chi connectivity index (χ0n) is 17.9. The number of ketones is 1. The van der Waals surface area contributed by atoms with Crippen LogP contribution in [0.15, 0.2) is 34.2 Å². The predicted octanol–water partition coefficient (Wildman–Crippen LogP) is 4.45. The normalized spacial score (nSPS) is 33.9. The van der Waals surface area contributed by atoms with Gasteiger partial charge in [-0.25, -0.2) is 4.98 Å². The lowest BCUT2D eigenvalue weighted by Crippen LogP contribution is -2.50. The van der Waals surface area contributed by atoms with E-state index in [4.69, 9.17) is 9.72 Å². The fourth-order valence-corrected chi connectivity index (χ4v) is 8.19. The van der Waals surface area contributed by atoms with Crippen LogP contribution < -0.4 is 5.56 Å². The highest BCUT2D eigenvalue weighted by molar-refractivity contribution is 7.99. The molecule has 0 N–H and O–H groups in total. The third-order valence-electron chi connectivity index (χ3n) is 8.20. The second-order valence-corrected chi connectivity index (χ2v) is 11.3. The Balaban J connectivity index is 1.27. The molecule has 6 heteroatoms. The van der Waals surface area contributed by atoms with Gasteiger partial charge in [-0.1, -0.05) is 23.9 Å². The Bertz CT molecular complexity index is 1040. The van der Waals surface area contributed by atoms with Crippen LogP contribution in [0.3, 0.4) is 0 Å². The second kappa shape index (κ2) is 7.73. The van der Waals surface area contributed by atoms with Gasteiger partial charge >= 0.3 is 0 Å². The summed E-state index contributed by atoms with van der Waals surface area (Å²) >= 11 is 1.46. The van der Waals surface area contributed by atoms with Crippen molar-refractivity contribution in [3.63, 3.8) is 0 Å². The summed E-state index contributed by atoms with van der Waals surface area (Å²) in [6, 6.07) is 7.52. The summed E-state index contributed by atoms with van der Waals surface area (Å²) in [6.07, 6.45) is 9.35. The molecule has 0 radical (unpaired) electrons. The van der Waals surface area contributed by atoms with Crippen LogP contribution in [0.4, 0.5) is 0 Å². The number of thioether (sulfide) groups is 1. The van der Waals surface area contributed by atoms with Crippen molar-refractivity contribution in [2.45, 2.75) is 69.2 Å². The van der Waals surface area contributed by atoms with Crippen molar-refractivity contribution in [2.75, 3.05) is 12.4 Å². The van der Waals surface area contributed by atoms with Crippen LogP contribution >= 0.6 is 11.8 Å². The number of carbonyl (C=O) groups excluding carboxylic acids is 1. The van der Waals surface area contributed by atoms with Gasteiger partial charge in [0.2, 0.25) is 0 Å². The minimum absolute atomic E-state index is 0.0224. The molecule has 1 atom stereocenters. The monoisotopic (exact) mass is 438 g/mol. The molecule has 5 nitrogen and oxygen atoms in total. The Labute approximate surface area is 187 Å². The molecule has 4 bridgehead atoms. The third kappa shape index (κ3) is 3.56. The molecule has 1 unspecified atom stereocenters. The van der Waals surface area contributed by atoms with E-state index in [1.165, 1.54) is 31.0 Å². The van der Waals surface area contributed by atoms with Crippen LogP contribution in [0.2, 0.25) is 0 Å². The van der Waals surface area contributed by atoms with E-state index in [1.54, 1.807) is 4.57 Å². The summed E-state index contributed by atoms with van der Waals surface area (Å²) in [5, 5.41) is 1.30. The fourth-order valence-electron chi connectivity index (χ4n) is 7.15. The standard InChI is InChI=1S/C25H30N2O3S/c28-22(25-11-16-8-17(12-25)10-18(9-16)13-25)15-31-24-26-21-6-2-1-5-20(21)23(29)27(24)14-19-4-3-7-30-19/h1-2,5-6,16-19H,3-4,7-15H2. The zero-order chi connectivity index (χ0) is 21.0. The molecule has 2 heterocycles. The fraction of sp³-hybridized carbons (Fsp3) is 0.640. The number of Topliss-reactive ketones (excluding diaryl/α,β-unsaturated/α-hetero) is 1. The van der Waals surface area contributed by atoms with E-state index in [0.29, 0.717) is 34.1 Å². The molecule has 2 aromatic rings. The molecule has 164 valence electrons. The molecule has 0 spiro atoms. The van der Waals surface area contributed by atoms with Crippen molar-refractivity contribution in [1.82, 2.24) is 9.55 Å². The van der Waals surface area contributed by atoms with Crippen LogP contribution in [-0.4, -0.2) is 33.8 Å². The summed E-state index contributed by atoms with van der Waals surface area (Å²) < 4.78 is 7.57. The number of benzene rings is 1. The van der Waals surface area contributed by atoms with Crippen molar-refractivity contribution >= 4 is 28.4 Å². The van der Waals surface area contributed by atoms with E-state index in [-0.39, 0.29) is 17.1 Å². The van der Waals surface area contributed by atoms with Gasteiger partial charge in [0.15, 0.2) is 5.16 Å². The van der Waals surface area contributed by atoms with Crippen molar-refractivity contribution < 1.29 is 9.53 Å². The summed E-state index contributed by atoms with van der Waals surface area (Å²) in [4.78, 5) is 31.6. The van der Waals surface area contributed by atoms with Crippen LogP contribution in [-0.2, 0) is 16.1 Å². The quantitative estimate of drug-likeness (QED) is 0.492. The molecule has 1 aromatic heterocycles. The van der Waals surface area contributed by atoms with Gasteiger partial charge in [-0.3, -0.25) is 14.2 Å². The van der Waals surface area contributed by atoms with E-state index >= 15 is 0 Å². The number of hydrogen-bond acceptors (Lipinski definition) is 5. The average Bonchev–Trinajstić information content (AvgIpc) is 3.26. The summed E-state index contributed by atoms with van der Waals surface area (Å²) in [5.41, 5.74) is 0.588. The summed E-state index contributed by atoms with van der Waals surface area (Å²) in [6.45, 7) is 1.28. The molecular weight excluding hydrogens is 408 g/mol. The predicted molar refractivity (Wildman–Crippen MR) is 121 cm³/mol. The largest absolute Gasteiger partial charge is 0.376 e. The van der Waals surface area contributed by atoms with Gasteiger partial charge in [-0.15, -0.1) is 0 Å². The first kappa shape index (κ1) is 20.0. The molecule has 4 saturated carbocycles. The number of carbonyl (C=O) groups is 1. The smallest absolute Gasteiger partial charge is 0.262 e. The molecule has 4 aliphatic carbocycles. The molecule has 5 fully saturated rings. The maximum Gasteiger partial charge on any atom is 0.262 e. The Kier molecular flexibility index (Phi) is 4.98. The van der Waals surface area contributed by atoms with Crippen molar-refractivity contribution in [3.05, 3.63) is 34.6 Å². The number of hydrogen-bond donors (Lipinski definition) is 0. The Morgan fingerprint density at radius 3 is 2.52 bits per heavy atom. The molecular formula is C25H30N2O3S. The minimum Gasteiger partial charge on any atom is -0.376 e. The Hall–Kier alpha value is -1.66. The van der Waals surface area contributed by atoms with E-state index in [0.717, 1.165) is 56.5 Å². The van der Waals surface area contributed by atoms with Gasteiger partial charge in [0.1, 0.15) is 5.78 Å². The first-order valence-corrected chi connectivity index (χ1v) is 12.9. The molecule has 1 aromatic carbocycles. The number of nitrogens with zero attached hydrogens (tertiary/aromatic N) is 2. The number of fused-ring (bicyclic) bond motifs is 1. The van der Waals surface area contributed by atoms with E-state index in [9.17, 15) is 9.59 Å². The van der Waals surface area contributed by atoms with Crippen molar-refractivity contribution in [2.24, 2.45) is 23.2 Å². The minimum atomic E-state index is -0.0989. The first-order chi connectivity index (χ1) is 15.1. The number of aromatic nitrogens is 2. The van der Waals surface area contributed by atoms with Gasteiger partial charge in [0.05, 0.1) is 29.3 Å². The molecule has 1 saturated heterocycles. The average molecular weight is 439 g/mol. The Morgan fingerprint density at radius 1 is 1.13 bits per heavy atom. The Morgan fingerprint density at radius 2 is 1.84 bits per heavy atom. The highest BCUT2D eigenvalue weighted by Gasteiger charge is 2.54. The third-order valence-corrected chi connectivity index (χ3v) is 9.18. The van der Waals surface area contributed by atoms with Crippen molar-refractivity contribution in [1.29, 1.82) is 0 Å². The highest BCUT2D eigenvalue weighted by Crippen LogP contribution is 2.60. The molecule has 31 heavy (non-hydrogen) atoms. The number of rotatable bonds is 6. The van der Waals surface area contributed by atoms with Gasteiger partial charge in [-0.05, 0) is 81.3 Å². The van der Waals surface area contributed by atoms with Gasteiger partial charge in [-0.2, -0.15) is 0 Å². The number of ether oxygens (including phenoxy) is 1. The second-order valence-electron chi connectivity index (χ2n) is 10.4. The summed E-state index contributed by atoms with van der Waals surface area (Å²) in [5.74, 6) is 3.09. The first-order valence-electron chi connectivity index (χ1n) is 11.9. The molecule has 0 amide bonds. The maximum atomic E-state index is 13.5. The van der Waals surface area contributed by atoms with Gasteiger partial charge in [0.25, 0.3) is 5.56 Å². The highest BCUT2D eigenvalue weighted by atomic mass is 32.2. The SMILES string of the molecule is O=C(CSc1nc2ccccc2c(=O)n1CC1CCCO1)C12CC3CC(CC(C3)C1)C2. The molecule has 1 aliphatic heterocycles. The topological polar surface area (TPSA) is 61.2 Å². The van der Waals surface area contributed by atoms with Gasteiger partial charge < -0.3 is 4.74 Å². The maximum absolute atomic E-state index is 13.5. The van der Waals surface area contributed by atoms with Crippen LogP contribution in [0.5, 0.6) is 0 Å². The van der Waals surface area contributed by atoms with E-state index < -0.39 is 0 Å². The zero-order valence-corrected chi connectivity index (χ0v) is 18.7. The lowest BCUT2D eigenvalue weighted by atomic mass is 9.48. The van der Waals surface area contributed by atoms with Crippen LogP contribution in [0, 0.1) is 23.2 Å². The van der Waals surface area contributed by atoms with E-state index in [2.05, 4.69) is 0 Å². The van der Waals surface area contributed by atoms with Crippen molar-refractivity contribution in [3.8, 4) is 0 Å². The summed E-state index contributed by atoms with van der Waals surface area (Å²) in [7, 11) is 0. The number of para-hydroxylation sites is 1. The van der Waals surface area contributed by atoms with Crippen LogP contribution in [0.1, 0.15) is 51.4 Å². The molecule has 7 rings (SSSR count). The van der Waals surface area contributed by atoms with Crippen LogP contribution in [0.25, 0.3) is 10.9 Å². The lowest BCUT2D eigenvalue weighted by Gasteiger charge is -2.56. The van der Waals surface area contributed by atoms with Gasteiger partial charge in [0, 0.05) is 12.0 Å². The van der Waals surface area contributed by atoms with E-state index in [1.807, 2.05) is 24.3 Å².